The minimum absolute atomic E-state index is 0.271. The molecule has 0 aliphatic rings. The Morgan fingerprint density at radius 1 is 0.867 bits per heavy atom. The van der Waals surface area contributed by atoms with Crippen molar-refractivity contribution in [2.24, 2.45) is 5.92 Å². The average Bonchev–Trinajstić information content (AvgIpc) is 2.70. The Hall–Kier alpha value is -2.71. The van der Waals surface area contributed by atoms with Gasteiger partial charge < -0.3 is 10.2 Å². The van der Waals surface area contributed by atoms with E-state index in [4.69, 9.17) is 0 Å². The molecule has 0 aromatic heterocycles. The third-order valence-electron chi connectivity index (χ3n) is 5.62. The van der Waals surface area contributed by atoms with E-state index in [9.17, 15) is 32.8 Å². The molecule has 2 aromatic rings. The van der Waals surface area contributed by atoms with Crippen molar-refractivity contribution >= 4 is 22.1 Å². The van der Waals surface area contributed by atoms with Gasteiger partial charge in [0.25, 0.3) is 10.1 Å². The molecule has 0 spiro atoms. The standard InChI is InChI=1S/C22H26O7S/c1-15(17-9-5-3-6-10-17)13-19(20(23)24)22(21(25)26,30(27,28)29)14-16(2)18-11-7-4-8-12-18/h3-12,15-16,19H,13-14H2,1-2H3,(H,23,24)(H,25,26)(H,27,28,29). The molecular weight excluding hydrogens is 408 g/mol. The SMILES string of the molecule is CC(CC(C(=O)O)C(CC(C)c1ccccc1)(C(=O)O)S(=O)(=O)O)c1ccccc1. The summed E-state index contributed by atoms with van der Waals surface area (Å²) in [6.07, 6.45) is -0.851. The van der Waals surface area contributed by atoms with Crippen molar-refractivity contribution in [1.82, 2.24) is 0 Å². The van der Waals surface area contributed by atoms with Gasteiger partial charge in [0, 0.05) is 0 Å². The van der Waals surface area contributed by atoms with Crippen LogP contribution in [0.25, 0.3) is 0 Å². The molecule has 0 bridgehead atoms. The van der Waals surface area contributed by atoms with E-state index in [-0.39, 0.29) is 6.42 Å². The predicted octanol–water partition coefficient (Wildman–Crippen LogP) is 3.79. The fourth-order valence-electron chi connectivity index (χ4n) is 3.89. The van der Waals surface area contributed by atoms with Gasteiger partial charge in [-0.2, -0.15) is 8.42 Å². The van der Waals surface area contributed by atoms with Crippen LogP contribution in [0.15, 0.2) is 60.7 Å². The molecule has 3 N–H and O–H groups in total. The first kappa shape index (κ1) is 23.6. The molecule has 0 saturated heterocycles. The fourth-order valence-corrected chi connectivity index (χ4v) is 5.13. The van der Waals surface area contributed by atoms with E-state index in [0.29, 0.717) is 5.56 Å². The Balaban J connectivity index is 2.54. The van der Waals surface area contributed by atoms with E-state index in [0.717, 1.165) is 5.56 Å². The van der Waals surface area contributed by atoms with Gasteiger partial charge in [0.1, 0.15) is 0 Å². The summed E-state index contributed by atoms with van der Waals surface area (Å²) in [6.45, 7) is 3.31. The van der Waals surface area contributed by atoms with Crippen LogP contribution in [0.4, 0.5) is 0 Å². The van der Waals surface area contributed by atoms with Crippen LogP contribution in [0.2, 0.25) is 0 Å². The van der Waals surface area contributed by atoms with E-state index in [1.165, 1.54) is 0 Å². The van der Waals surface area contributed by atoms with Gasteiger partial charge in [-0.05, 0) is 35.8 Å². The molecule has 4 unspecified atom stereocenters. The summed E-state index contributed by atoms with van der Waals surface area (Å²) in [5, 5.41) is 19.8. The third-order valence-corrected chi connectivity index (χ3v) is 7.17. The molecule has 0 heterocycles. The molecule has 162 valence electrons. The summed E-state index contributed by atoms with van der Waals surface area (Å²) >= 11 is 0. The molecule has 2 rings (SSSR count). The number of benzene rings is 2. The maximum atomic E-state index is 12.4. The first-order valence-electron chi connectivity index (χ1n) is 9.53. The molecule has 4 atom stereocenters. The highest BCUT2D eigenvalue weighted by Crippen LogP contribution is 2.41. The molecule has 0 aliphatic heterocycles. The van der Waals surface area contributed by atoms with E-state index >= 15 is 0 Å². The summed E-state index contributed by atoms with van der Waals surface area (Å²) < 4.78 is 32.0. The highest BCUT2D eigenvalue weighted by molar-refractivity contribution is 7.88. The lowest BCUT2D eigenvalue weighted by atomic mass is 9.76. The van der Waals surface area contributed by atoms with Crippen molar-refractivity contribution in [1.29, 1.82) is 0 Å². The molecule has 0 amide bonds. The highest BCUT2D eigenvalue weighted by Gasteiger charge is 2.60. The summed E-state index contributed by atoms with van der Waals surface area (Å²) in [7, 11) is -5.28. The van der Waals surface area contributed by atoms with Gasteiger partial charge in [0.15, 0.2) is 0 Å². The van der Waals surface area contributed by atoms with Crippen molar-refractivity contribution in [2.75, 3.05) is 0 Å². The molecule has 0 aliphatic carbocycles. The number of carbonyl (C=O) groups is 2. The maximum Gasteiger partial charge on any atom is 0.328 e. The summed E-state index contributed by atoms with van der Waals surface area (Å²) in [5.41, 5.74) is 1.39. The number of hydrogen-bond acceptors (Lipinski definition) is 4. The Kier molecular flexibility index (Phi) is 7.39. The Bertz CT molecular complexity index is 973. The van der Waals surface area contributed by atoms with Crippen molar-refractivity contribution in [3.8, 4) is 0 Å². The predicted molar refractivity (Wildman–Crippen MR) is 112 cm³/mol. The van der Waals surface area contributed by atoms with Gasteiger partial charge >= 0.3 is 11.9 Å². The van der Waals surface area contributed by atoms with Crippen LogP contribution in [0.5, 0.6) is 0 Å². The second-order valence-electron chi connectivity index (χ2n) is 7.62. The van der Waals surface area contributed by atoms with Crippen molar-refractivity contribution < 1.29 is 32.8 Å². The van der Waals surface area contributed by atoms with Crippen molar-refractivity contribution in [3.05, 3.63) is 71.8 Å². The lowest BCUT2D eigenvalue weighted by Gasteiger charge is -2.35. The van der Waals surface area contributed by atoms with E-state index in [2.05, 4.69) is 0 Å². The Labute approximate surface area is 176 Å². The minimum Gasteiger partial charge on any atom is -0.481 e. The molecular formula is C22H26O7S. The number of carboxylic acid groups (broad SMARTS) is 2. The van der Waals surface area contributed by atoms with Crippen LogP contribution >= 0.6 is 0 Å². The highest BCUT2D eigenvalue weighted by atomic mass is 32.2. The van der Waals surface area contributed by atoms with Gasteiger partial charge in [-0.1, -0.05) is 74.5 Å². The van der Waals surface area contributed by atoms with Crippen LogP contribution in [-0.4, -0.2) is 39.9 Å². The van der Waals surface area contributed by atoms with Crippen LogP contribution in [0, 0.1) is 5.92 Å². The van der Waals surface area contributed by atoms with Gasteiger partial charge in [-0.3, -0.25) is 14.1 Å². The zero-order valence-corrected chi connectivity index (χ0v) is 17.6. The lowest BCUT2D eigenvalue weighted by molar-refractivity contribution is -0.153. The molecule has 0 saturated carbocycles. The summed E-state index contributed by atoms with van der Waals surface area (Å²) in [4.78, 5) is 24.4. The molecule has 8 heteroatoms. The average molecular weight is 435 g/mol. The van der Waals surface area contributed by atoms with Crippen molar-refractivity contribution in [3.63, 3.8) is 0 Å². The largest absolute Gasteiger partial charge is 0.481 e. The molecule has 0 fully saturated rings. The zero-order valence-electron chi connectivity index (χ0n) is 16.8. The number of aliphatic carboxylic acids is 2. The number of hydrogen-bond donors (Lipinski definition) is 3. The van der Waals surface area contributed by atoms with E-state index in [1.807, 2.05) is 0 Å². The first-order chi connectivity index (χ1) is 14.0. The smallest absolute Gasteiger partial charge is 0.328 e. The first-order valence-corrected chi connectivity index (χ1v) is 11.0. The normalized spacial score (nSPS) is 16.8. The molecule has 30 heavy (non-hydrogen) atoms. The third kappa shape index (κ3) is 4.88. The summed E-state index contributed by atoms with van der Waals surface area (Å²) in [6, 6.07) is 17.4. The second kappa shape index (κ2) is 9.40. The summed E-state index contributed by atoms with van der Waals surface area (Å²) in [5.74, 6) is -6.39. The molecule has 7 nitrogen and oxygen atoms in total. The number of carboxylic acids is 2. The topological polar surface area (TPSA) is 129 Å². The van der Waals surface area contributed by atoms with Crippen LogP contribution in [0.3, 0.4) is 0 Å². The minimum atomic E-state index is -5.28. The van der Waals surface area contributed by atoms with Gasteiger partial charge in [0.2, 0.25) is 4.75 Å². The maximum absolute atomic E-state index is 12.4. The quantitative estimate of drug-likeness (QED) is 0.485. The Morgan fingerprint density at radius 3 is 1.67 bits per heavy atom. The van der Waals surface area contributed by atoms with Crippen LogP contribution in [-0.2, 0) is 19.7 Å². The van der Waals surface area contributed by atoms with Gasteiger partial charge in [0.05, 0.1) is 5.92 Å². The monoisotopic (exact) mass is 434 g/mol. The molecule has 0 radical (unpaired) electrons. The number of rotatable bonds is 10. The van der Waals surface area contributed by atoms with Crippen LogP contribution < -0.4 is 0 Å². The van der Waals surface area contributed by atoms with E-state index in [1.54, 1.807) is 74.5 Å². The zero-order chi connectivity index (χ0) is 22.5. The van der Waals surface area contributed by atoms with Gasteiger partial charge in [-0.15, -0.1) is 0 Å². The van der Waals surface area contributed by atoms with E-state index < -0.39 is 51.0 Å². The lowest BCUT2D eigenvalue weighted by Crippen LogP contribution is -2.56. The van der Waals surface area contributed by atoms with Crippen LogP contribution in [0.1, 0.15) is 49.7 Å². The van der Waals surface area contributed by atoms with Gasteiger partial charge in [-0.25, -0.2) is 0 Å². The second-order valence-corrected chi connectivity index (χ2v) is 9.30. The Morgan fingerprint density at radius 2 is 1.30 bits per heavy atom. The molecule has 2 aromatic carbocycles. The fraction of sp³-hybridized carbons (Fsp3) is 0.364. The van der Waals surface area contributed by atoms with Crippen molar-refractivity contribution in [2.45, 2.75) is 43.3 Å².